The van der Waals surface area contributed by atoms with Gasteiger partial charge in [-0.15, -0.1) is 0 Å². The summed E-state index contributed by atoms with van der Waals surface area (Å²) in [6, 6.07) is 18.2. The van der Waals surface area contributed by atoms with Crippen LogP contribution < -0.4 is 5.56 Å². The number of rotatable bonds is 3. The van der Waals surface area contributed by atoms with Crippen molar-refractivity contribution in [2.24, 2.45) is 0 Å². The maximum absolute atomic E-state index is 12.7. The summed E-state index contributed by atoms with van der Waals surface area (Å²) >= 11 is 0. The van der Waals surface area contributed by atoms with Crippen LogP contribution in [0, 0.1) is 6.92 Å². The SMILES string of the molecule is Cc1[nH]n2c(=O)cc(-c3ccc4c(c3)CC=C4)nc2c1Cc1ccccc1. The molecule has 5 rings (SSSR count). The van der Waals surface area contributed by atoms with Crippen molar-refractivity contribution in [3.8, 4) is 11.3 Å². The normalized spacial score (nSPS) is 12.6. The monoisotopic (exact) mass is 353 g/mol. The predicted molar refractivity (Wildman–Crippen MR) is 108 cm³/mol. The second kappa shape index (κ2) is 6.09. The van der Waals surface area contributed by atoms with Gasteiger partial charge in [0, 0.05) is 29.3 Å². The Kier molecular flexibility index (Phi) is 3.57. The zero-order chi connectivity index (χ0) is 18.4. The molecule has 1 aliphatic rings. The number of benzene rings is 2. The first-order chi connectivity index (χ1) is 13.2. The standard InChI is InChI=1S/C23H19N3O/c1-15-20(12-16-6-3-2-4-7-16)23-24-21(14-22(27)26(23)25-15)19-11-10-17-8-5-9-18(17)13-19/h2-8,10-11,13-14,25H,9,12H2,1H3. The Balaban J connectivity index is 1.65. The number of hydrogen-bond acceptors (Lipinski definition) is 2. The number of nitrogens with zero attached hydrogens (tertiary/aromatic N) is 2. The van der Waals surface area contributed by atoms with Crippen LogP contribution in [0.5, 0.6) is 0 Å². The first kappa shape index (κ1) is 15.8. The zero-order valence-electron chi connectivity index (χ0n) is 15.1. The average Bonchev–Trinajstić information content (AvgIpc) is 3.27. The molecule has 0 aliphatic heterocycles. The average molecular weight is 353 g/mol. The fraction of sp³-hybridized carbons (Fsp3) is 0.130. The Bertz CT molecular complexity index is 1250. The molecular weight excluding hydrogens is 334 g/mol. The third-order valence-corrected chi connectivity index (χ3v) is 5.22. The second-order valence-corrected chi connectivity index (χ2v) is 7.04. The molecule has 0 unspecified atom stereocenters. The number of aromatic nitrogens is 3. The van der Waals surface area contributed by atoms with Crippen molar-refractivity contribution in [2.45, 2.75) is 19.8 Å². The smallest absolute Gasteiger partial charge is 0.273 e. The molecule has 27 heavy (non-hydrogen) atoms. The van der Waals surface area contributed by atoms with E-state index < -0.39 is 0 Å². The van der Waals surface area contributed by atoms with E-state index in [9.17, 15) is 4.79 Å². The number of nitrogens with one attached hydrogen (secondary N) is 1. The first-order valence-electron chi connectivity index (χ1n) is 9.14. The van der Waals surface area contributed by atoms with Crippen LogP contribution in [0.2, 0.25) is 0 Å². The fourth-order valence-corrected chi connectivity index (χ4v) is 3.77. The lowest BCUT2D eigenvalue weighted by Crippen LogP contribution is -2.14. The number of allylic oxidation sites excluding steroid dienone is 1. The van der Waals surface area contributed by atoms with Gasteiger partial charge < -0.3 is 0 Å². The van der Waals surface area contributed by atoms with Crippen molar-refractivity contribution in [1.82, 2.24) is 14.6 Å². The van der Waals surface area contributed by atoms with Crippen molar-refractivity contribution in [1.29, 1.82) is 0 Å². The molecule has 0 saturated carbocycles. The van der Waals surface area contributed by atoms with E-state index in [1.165, 1.54) is 16.7 Å². The molecule has 0 spiro atoms. The molecule has 1 N–H and O–H groups in total. The number of H-pyrrole nitrogens is 1. The quantitative estimate of drug-likeness (QED) is 0.601. The van der Waals surface area contributed by atoms with E-state index in [1.807, 2.05) is 31.2 Å². The molecule has 2 aromatic heterocycles. The maximum Gasteiger partial charge on any atom is 0.273 e. The summed E-state index contributed by atoms with van der Waals surface area (Å²) in [6.07, 6.45) is 5.97. The van der Waals surface area contributed by atoms with Crippen LogP contribution in [0.3, 0.4) is 0 Å². The van der Waals surface area contributed by atoms with Gasteiger partial charge in [0.15, 0.2) is 5.65 Å². The molecule has 1 aliphatic carbocycles. The van der Waals surface area contributed by atoms with Crippen molar-refractivity contribution in [3.05, 3.63) is 99.0 Å². The van der Waals surface area contributed by atoms with Crippen molar-refractivity contribution in [3.63, 3.8) is 0 Å². The number of hydrogen-bond donors (Lipinski definition) is 1. The van der Waals surface area contributed by atoms with Crippen LogP contribution >= 0.6 is 0 Å². The molecule has 0 atom stereocenters. The van der Waals surface area contributed by atoms with Gasteiger partial charge in [0.25, 0.3) is 5.56 Å². The summed E-state index contributed by atoms with van der Waals surface area (Å²) in [5, 5.41) is 3.17. The van der Waals surface area contributed by atoms with Crippen molar-refractivity contribution >= 4 is 11.7 Å². The van der Waals surface area contributed by atoms with E-state index in [-0.39, 0.29) is 5.56 Å². The van der Waals surface area contributed by atoms with Gasteiger partial charge in [-0.25, -0.2) is 9.50 Å². The molecule has 0 bridgehead atoms. The molecule has 2 heterocycles. The van der Waals surface area contributed by atoms with Crippen LogP contribution in [0.4, 0.5) is 0 Å². The molecule has 132 valence electrons. The van der Waals surface area contributed by atoms with Crippen molar-refractivity contribution < 1.29 is 0 Å². The van der Waals surface area contributed by atoms with Crippen molar-refractivity contribution in [2.75, 3.05) is 0 Å². The highest BCUT2D eigenvalue weighted by atomic mass is 16.1. The lowest BCUT2D eigenvalue weighted by molar-refractivity contribution is 0.882. The highest BCUT2D eigenvalue weighted by molar-refractivity contribution is 5.69. The van der Waals surface area contributed by atoms with E-state index in [4.69, 9.17) is 4.98 Å². The molecule has 2 aromatic carbocycles. The van der Waals surface area contributed by atoms with Gasteiger partial charge in [-0.3, -0.25) is 9.89 Å². The van der Waals surface area contributed by atoms with Crippen LogP contribution in [0.25, 0.3) is 23.0 Å². The summed E-state index contributed by atoms with van der Waals surface area (Å²) in [5.41, 5.74) is 8.09. The van der Waals surface area contributed by atoms with Gasteiger partial charge in [-0.05, 0) is 36.1 Å². The summed E-state index contributed by atoms with van der Waals surface area (Å²) in [6.45, 7) is 1.99. The molecular formula is C23H19N3O. The molecule has 4 nitrogen and oxygen atoms in total. The molecule has 0 radical (unpaired) electrons. The van der Waals surface area contributed by atoms with E-state index in [0.717, 1.165) is 35.4 Å². The van der Waals surface area contributed by atoms with Gasteiger partial charge in [-0.1, -0.05) is 54.6 Å². The Labute approximate surface area is 156 Å². The lowest BCUT2D eigenvalue weighted by Gasteiger charge is -2.06. The summed E-state index contributed by atoms with van der Waals surface area (Å²) in [7, 11) is 0. The molecule has 4 heteroatoms. The Hall–Kier alpha value is -3.40. The predicted octanol–water partition coefficient (Wildman–Crippen LogP) is 4.16. The minimum absolute atomic E-state index is 0.0870. The topological polar surface area (TPSA) is 50.2 Å². The zero-order valence-corrected chi connectivity index (χ0v) is 15.1. The van der Waals surface area contributed by atoms with E-state index in [1.54, 1.807) is 10.6 Å². The van der Waals surface area contributed by atoms with Gasteiger partial charge >= 0.3 is 0 Å². The highest BCUT2D eigenvalue weighted by Crippen LogP contribution is 2.26. The van der Waals surface area contributed by atoms with Crippen LogP contribution in [0.15, 0.2) is 65.5 Å². The van der Waals surface area contributed by atoms with Crippen LogP contribution in [-0.2, 0) is 12.8 Å². The summed E-state index contributed by atoms with van der Waals surface area (Å²) < 4.78 is 1.55. The van der Waals surface area contributed by atoms with Gasteiger partial charge in [0.05, 0.1) is 5.69 Å². The second-order valence-electron chi connectivity index (χ2n) is 7.04. The third-order valence-electron chi connectivity index (χ3n) is 5.22. The Morgan fingerprint density at radius 2 is 1.96 bits per heavy atom. The maximum atomic E-state index is 12.7. The minimum atomic E-state index is -0.0870. The molecule has 0 fully saturated rings. The summed E-state index contributed by atoms with van der Waals surface area (Å²) in [4.78, 5) is 17.6. The van der Waals surface area contributed by atoms with E-state index in [2.05, 4.69) is 41.5 Å². The number of aryl methyl sites for hydroxylation is 1. The van der Waals surface area contributed by atoms with E-state index >= 15 is 0 Å². The lowest BCUT2D eigenvalue weighted by atomic mass is 10.0. The van der Waals surface area contributed by atoms with E-state index in [0.29, 0.717) is 5.65 Å². The van der Waals surface area contributed by atoms with Crippen LogP contribution in [-0.4, -0.2) is 14.6 Å². The highest BCUT2D eigenvalue weighted by Gasteiger charge is 2.15. The largest absolute Gasteiger partial charge is 0.294 e. The third kappa shape index (κ3) is 2.70. The molecule has 4 aromatic rings. The first-order valence-corrected chi connectivity index (χ1v) is 9.14. The fourth-order valence-electron chi connectivity index (χ4n) is 3.77. The van der Waals surface area contributed by atoms with Gasteiger partial charge in [-0.2, -0.15) is 0 Å². The van der Waals surface area contributed by atoms with Gasteiger partial charge in [0.1, 0.15) is 0 Å². The number of aromatic amines is 1. The number of fused-ring (bicyclic) bond motifs is 2. The minimum Gasteiger partial charge on any atom is -0.294 e. The molecule has 0 saturated heterocycles. The Morgan fingerprint density at radius 1 is 1.11 bits per heavy atom. The van der Waals surface area contributed by atoms with Crippen LogP contribution in [0.1, 0.15) is 27.9 Å². The Morgan fingerprint density at radius 3 is 2.81 bits per heavy atom. The summed E-state index contributed by atoms with van der Waals surface area (Å²) in [5.74, 6) is 0. The van der Waals surface area contributed by atoms with Gasteiger partial charge in [0.2, 0.25) is 0 Å². The molecule has 0 amide bonds.